The molecule has 0 spiro atoms. The van der Waals surface area contributed by atoms with Crippen LogP contribution in [0.4, 0.5) is 0 Å². The standard InChI is InChI=1S/C26H21ClN4O2S2/c1-15-6-5-9-20-21(15)22-23(33)30(18-7-3-2-4-8-18)25-28-29-26(31(25)24(22)35-20)34-14-19(32)16-10-12-17(27)13-11-16/h2-4,7-8,10-13,15H,5-6,9,14H2,1H3/t15-/m0/s1. The van der Waals surface area contributed by atoms with Crippen LogP contribution in [0.1, 0.15) is 46.5 Å². The molecule has 0 saturated heterocycles. The second-order valence-corrected chi connectivity index (χ2v) is 11.2. The van der Waals surface area contributed by atoms with Crippen LogP contribution in [0.2, 0.25) is 5.02 Å². The summed E-state index contributed by atoms with van der Waals surface area (Å²) in [4.78, 5) is 28.9. The maximum atomic E-state index is 13.9. The van der Waals surface area contributed by atoms with Gasteiger partial charge in [0.2, 0.25) is 5.78 Å². The van der Waals surface area contributed by atoms with Crippen LogP contribution in [0, 0.1) is 0 Å². The molecule has 6 rings (SSSR count). The molecule has 1 aliphatic rings. The highest BCUT2D eigenvalue weighted by atomic mass is 35.5. The molecule has 5 aromatic rings. The molecule has 3 heterocycles. The molecule has 0 fully saturated rings. The fourth-order valence-corrected chi connectivity index (χ4v) is 7.26. The number of aryl methyl sites for hydroxylation is 1. The normalized spacial score (nSPS) is 15.5. The van der Waals surface area contributed by atoms with Crippen LogP contribution in [-0.2, 0) is 6.42 Å². The summed E-state index contributed by atoms with van der Waals surface area (Å²) < 4.78 is 3.61. The predicted octanol–water partition coefficient (Wildman–Crippen LogP) is 6.16. The Morgan fingerprint density at radius 2 is 1.91 bits per heavy atom. The zero-order chi connectivity index (χ0) is 24.1. The highest BCUT2D eigenvalue weighted by Gasteiger charge is 2.28. The fourth-order valence-electron chi connectivity index (χ4n) is 4.80. The Balaban J connectivity index is 1.53. The van der Waals surface area contributed by atoms with E-state index in [0.29, 0.717) is 27.4 Å². The summed E-state index contributed by atoms with van der Waals surface area (Å²) in [6.07, 6.45) is 3.17. The maximum Gasteiger partial charge on any atom is 0.268 e. The van der Waals surface area contributed by atoms with Crippen LogP contribution in [0.5, 0.6) is 0 Å². The van der Waals surface area contributed by atoms with E-state index in [-0.39, 0.29) is 17.1 Å². The van der Waals surface area contributed by atoms with Crippen molar-refractivity contribution < 1.29 is 4.79 Å². The molecule has 9 heteroatoms. The van der Waals surface area contributed by atoms with Gasteiger partial charge in [-0.15, -0.1) is 21.5 Å². The van der Waals surface area contributed by atoms with Gasteiger partial charge < -0.3 is 0 Å². The van der Waals surface area contributed by atoms with Crippen molar-refractivity contribution in [1.29, 1.82) is 0 Å². The Labute approximate surface area is 214 Å². The highest BCUT2D eigenvalue weighted by molar-refractivity contribution is 7.99. The lowest BCUT2D eigenvalue weighted by Gasteiger charge is -2.18. The number of benzene rings is 2. The van der Waals surface area contributed by atoms with E-state index in [4.69, 9.17) is 11.6 Å². The van der Waals surface area contributed by atoms with Crippen LogP contribution in [-0.4, -0.2) is 30.7 Å². The molecule has 1 atom stereocenters. The molecule has 0 unspecified atom stereocenters. The second-order valence-electron chi connectivity index (χ2n) is 8.73. The minimum Gasteiger partial charge on any atom is -0.293 e. The van der Waals surface area contributed by atoms with Gasteiger partial charge in [0, 0.05) is 15.5 Å². The number of rotatable bonds is 5. The van der Waals surface area contributed by atoms with Crippen LogP contribution in [0.3, 0.4) is 0 Å². The van der Waals surface area contributed by atoms with Gasteiger partial charge in [-0.25, -0.2) is 8.97 Å². The van der Waals surface area contributed by atoms with E-state index < -0.39 is 0 Å². The molecule has 0 N–H and O–H groups in total. The molecular formula is C26H21ClN4O2S2. The Morgan fingerprint density at radius 1 is 1.14 bits per heavy atom. The van der Waals surface area contributed by atoms with E-state index >= 15 is 0 Å². The molecule has 35 heavy (non-hydrogen) atoms. The van der Waals surface area contributed by atoms with Crippen molar-refractivity contribution >= 4 is 56.5 Å². The largest absolute Gasteiger partial charge is 0.293 e. The summed E-state index contributed by atoms with van der Waals surface area (Å²) in [5, 5.41) is 10.8. The van der Waals surface area contributed by atoms with Crippen LogP contribution >= 0.6 is 34.7 Å². The smallest absolute Gasteiger partial charge is 0.268 e. The number of aromatic nitrogens is 4. The van der Waals surface area contributed by atoms with Crippen molar-refractivity contribution in [1.82, 2.24) is 19.2 Å². The zero-order valence-electron chi connectivity index (χ0n) is 18.9. The van der Waals surface area contributed by atoms with E-state index in [1.807, 2.05) is 34.7 Å². The number of fused-ring (bicyclic) bond motifs is 5. The molecule has 1 aliphatic carbocycles. The van der Waals surface area contributed by atoms with Crippen molar-refractivity contribution in [2.45, 2.75) is 37.3 Å². The number of para-hydroxylation sites is 1. The molecule has 0 bridgehead atoms. The number of Topliss-reactive ketones (excluding diaryl/α,β-unsaturated/α-hetero) is 1. The quantitative estimate of drug-likeness (QED) is 0.205. The van der Waals surface area contributed by atoms with E-state index in [1.165, 1.54) is 16.6 Å². The number of hydrogen-bond donors (Lipinski definition) is 0. The van der Waals surface area contributed by atoms with Gasteiger partial charge in [-0.3, -0.25) is 9.59 Å². The summed E-state index contributed by atoms with van der Waals surface area (Å²) >= 11 is 8.95. The summed E-state index contributed by atoms with van der Waals surface area (Å²) in [5.74, 6) is 0.966. The van der Waals surface area contributed by atoms with Crippen LogP contribution in [0.15, 0.2) is 64.5 Å². The van der Waals surface area contributed by atoms with Gasteiger partial charge in [0.25, 0.3) is 5.56 Å². The van der Waals surface area contributed by atoms with Gasteiger partial charge in [0.15, 0.2) is 10.9 Å². The third-order valence-corrected chi connectivity index (χ3v) is 8.92. The van der Waals surface area contributed by atoms with Crippen LogP contribution in [0.25, 0.3) is 21.7 Å². The minimum absolute atomic E-state index is 0.0184. The van der Waals surface area contributed by atoms with E-state index in [0.717, 1.165) is 40.7 Å². The number of carbonyl (C=O) groups is 1. The molecule has 0 saturated carbocycles. The van der Waals surface area contributed by atoms with Crippen molar-refractivity contribution in [3.8, 4) is 5.69 Å². The van der Waals surface area contributed by atoms with Crippen molar-refractivity contribution in [3.05, 3.63) is 86.0 Å². The first-order valence-corrected chi connectivity index (χ1v) is 13.6. The molecule has 2 aromatic carbocycles. The molecule has 0 aliphatic heterocycles. The average molecular weight is 521 g/mol. The van der Waals surface area contributed by atoms with E-state index in [9.17, 15) is 9.59 Å². The van der Waals surface area contributed by atoms with Gasteiger partial charge >= 0.3 is 0 Å². The molecule has 176 valence electrons. The Hall–Kier alpha value is -2.94. The van der Waals surface area contributed by atoms with Crippen molar-refractivity contribution in [2.24, 2.45) is 0 Å². The lowest BCUT2D eigenvalue weighted by molar-refractivity contribution is 0.102. The SMILES string of the molecule is C[C@H]1CCCc2sc3c(c21)c(=O)n(-c1ccccc1)c1nnc(SCC(=O)c2ccc(Cl)cc2)n31. The molecular weight excluding hydrogens is 500 g/mol. The van der Waals surface area contributed by atoms with Crippen molar-refractivity contribution in [2.75, 3.05) is 5.75 Å². The van der Waals surface area contributed by atoms with Gasteiger partial charge in [0.05, 0.1) is 16.8 Å². The molecule has 3 aromatic heterocycles. The van der Waals surface area contributed by atoms with Gasteiger partial charge in [0.1, 0.15) is 4.83 Å². The lowest BCUT2D eigenvalue weighted by atomic mass is 9.88. The average Bonchev–Trinajstić information content (AvgIpc) is 3.46. The predicted molar refractivity (Wildman–Crippen MR) is 142 cm³/mol. The number of nitrogens with zero attached hydrogens (tertiary/aromatic N) is 4. The maximum absolute atomic E-state index is 13.9. The number of hydrogen-bond acceptors (Lipinski definition) is 6. The summed E-state index contributed by atoms with van der Waals surface area (Å²) in [6.45, 7) is 2.20. The van der Waals surface area contributed by atoms with Crippen molar-refractivity contribution in [3.63, 3.8) is 0 Å². The first-order chi connectivity index (χ1) is 17.0. The summed E-state index contributed by atoms with van der Waals surface area (Å²) in [6, 6.07) is 16.4. The number of ketones is 1. The first-order valence-electron chi connectivity index (χ1n) is 11.5. The highest BCUT2D eigenvalue weighted by Crippen LogP contribution is 2.41. The second kappa shape index (κ2) is 8.93. The molecule has 0 amide bonds. The number of halogens is 1. The van der Waals surface area contributed by atoms with Gasteiger partial charge in [-0.1, -0.05) is 48.5 Å². The van der Waals surface area contributed by atoms with E-state index in [1.54, 1.807) is 40.2 Å². The first kappa shape index (κ1) is 22.5. The van der Waals surface area contributed by atoms with Gasteiger partial charge in [-0.2, -0.15) is 0 Å². The molecule has 6 nitrogen and oxygen atoms in total. The minimum atomic E-state index is -0.0638. The van der Waals surface area contributed by atoms with Crippen LogP contribution < -0.4 is 5.56 Å². The Morgan fingerprint density at radius 3 is 2.69 bits per heavy atom. The monoisotopic (exact) mass is 520 g/mol. The topological polar surface area (TPSA) is 69.3 Å². The Kier molecular flexibility index (Phi) is 5.75. The summed E-state index contributed by atoms with van der Waals surface area (Å²) in [5.41, 5.74) is 2.44. The third-order valence-electron chi connectivity index (χ3n) is 6.49. The zero-order valence-corrected chi connectivity index (χ0v) is 21.3. The third kappa shape index (κ3) is 3.80. The number of carbonyl (C=O) groups excluding carboxylic acids is 1. The van der Waals surface area contributed by atoms with E-state index in [2.05, 4.69) is 17.1 Å². The number of thioether (sulfide) groups is 1. The lowest BCUT2D eigenvalue weighted by Crippen LogP contribution is -2.22. The fraction of sp³-hybridized carbons (Fsp3) is 0.231. The Bertz CT molecular complexity index is 1640. The summed E-state index contributed by atoms with van der Waals surface area (Å²) in [7, 11) is 0. The van der Waals surface area contributed by atoms with Gasteiger partial charge in [-0.05, 0) is 67.1 Å². The number of thiophene rings is 1. The molecule has 0 radical (unpaired) electrons.